The van der Waals surface area contributed by atoms with E-state index in [0.717, 1.165) is 5.56 Å². The van der Waals surface area contributed by atoms with Gasteiger partial charge in [-0.05, 0) is 30.0 Å². The predicted molar refractivity (Wildman–Crippen MR) is 79.8 cm³/mol. The first-order chi connectivity index (χ1) is 9.91. The summed E-state index contributed by atoms with van der Waals surface area (Å²) in [7, 11) is 1.64. The molecule has 0 radical (unpaired) electrons. The maximum atomic E-state index is 11.6. The molecule has 2 rings (SSSR count). The number of rotatable bonds is 5. The van der Waals surface area contributed by atoms with E-state index in [-0.39, 0.29) is 23.5 Å². The molecule has 7 heteroatoms. The summed E-state index contributed by atoms with van der Waals surface area (Å²) in [5.74, 6) is 1.78. The highest BCUT2D eigenvalue weighted by Gasteiger charge is 2.33. The Morgan fingerprint density at radius 3 is 2.10 bits per heavy atom. The number of ether oxygens (including phenoxy) is 3. The van der Waals surface area contributed by atoms with Crippen molar-refractivity contribution in [3.05, 3.63) is 17.7 Å². The number of hydrogen-bond donors (Lipinski definition) is 1. The van der Waals surface area contributed by atoms with Crippen molar-refractivity contribution in [2.75, 3.05) is 32.8 Å². The zero-order valence-corrected chi connectivity index (χ0v) is 13.3. The summed E-state index contributed by atoms with van der Waals surface area (Å²) in [6.45, 7) is 0. The highest BCUT2D eigenvalue weighted by molar-refractivity contribution is 7.91. The van der Waals surface area contributed by atoms with Crippen LogP contribution in [0.15, 0.2) is 12.1 Å². The fraction of sp³-hybridized carbons (Fsp3) is 0.571. The van der Waals surface area contributed by atoms with E-state index in [1.165, 1.54) is 21.3 Å². The molecule has 1 aromatic carbocycles. The van der Waals surface area contributed by atoms with E-state index in [1.807, 2.05) is 0 Å². The maximum Gasteiger partial charge on any atom is 0.203 e. The lowest BCUT2D eigenvalue weighted by Crippen LogP contribution is -2.22. The number of benzene rings is 1. The van der Waals surface area contributed by atoms with Gasteiger partial charge in [-0.25, -0.2) is 8.42 Å². The number of nitrogens with two attached hydrogens (primary N) is 1. The van der Waals surface area contributed by atoms with E-state index in [9.17, 15) is 8.42 Å². The van der Waals surface area contributed by atoms with Crippen LogP contribution in [0.2, 0.25) is 0 Å². The maximum absolute atomic E-state index is 11.6. The molecule has 0 aromatic heterocycles. The Bertz CT molecular complexity index is 589. The second kappa shape index (κ2) is 6.11. The third-order valence-corrected chi connectivity index (χ3v) is 5.64. The zero-order chi connectivity index (χ0) is 15.6. The summed E-state index contributed by atoms with van der Waals surface area (Å²) in [6.07, 6.45) is 0.583. The average Bonchev–Trinajstić information content (AvgIpc) is 2.84. The first kappa shape index (κ1) is 15.9. The Labute approximate surface area is 125 Å². The second-order valence-electron chi connectivity index (χ2n) is 5.15. The smallest absolute Gasteiger partial charge is 0.203 e. The van der Waals surface area contributed by atoms with Crippen LogP contribution in [0, 0.1) is 5.92 Å². The third kappa shape index (κ3) is 3.24. The molecule has 2 unspecified atom stereocenters. The lowest BCUT2D eigenvalue weighted by atomic mass is 9.93. The van der Waals surface area contributed by atoms with Gasteiger partial charge in [0.25, 0.3) is 0 Å². The van der Waals surface area contributed by atoms with Crippen LogP contribution in [0.5, 0.6) is 17.2 Å². The summed E-state index contributed by atoms with van der Waals surface area (Å²) >= 11 is 0. The van der Waals surface area contributed by atoms with Gasteiger partial charge < -0.3 is 19.9 Å². The lowest BCUT2D eigenvalue weighted by Gasteiger charge is -2.21. The fourth-order valence-corrected chi connectivity index (χ4v) is 4.53. The lowest BCUT2D eigenvalue weighted by molar-refractivity contribution is 0.322. The van der Waals surface area contributed by atoms with Gasteiger partial charge in [-0.1, -0.05) is 0 Å². The molecule has 1 aliphatic rings. The molecule has 0 spiro atoms. The summed E-state index contributed by atoms with van der Waals surface area (Å²) in [6, 6.07) is 3.17. The van der Waals surface area contributed by atoms with Gasteiger partial charge in [0.05, 0.1) is 32.8 Å². The first-order valence-electron chi connectivity index (χ1n) is 6.67. The van der Waals surface area contributed by atoms with E-state index < -0.39 is 9.84 Å². The molecule has 2 N–H and O–H groups in total. The first-order valence-corrected chi connectivity index (χ1v) is 8.50. The standard InChI is InChI=1S/C14H21NO5S/c1-18-11-6-10(7-12(19-2)14(11)20-3)13(15)9-4-5-21(16,17)8-9/h6-7,9,13H,4-5,8,15H2,1-3H3. The minimum atomic E-state index is -2.96. The molecule has 21 heavy (non-hydrogen) atoms. The Balaban J connectivity index is 2.35. The van der Waals surface area contributed by atoms with Gasteiger partial charge >= 0.3 is 0 Å². The number of hydrogen-bond acceptors (Lipinski definition) is 6. The summed E-state index contributed by atoms with van der Waals surface area (Å²) < 4.78 is 39.1. The van der Waals surface area contributed by atoms with E-state index >= 15 is 0 Å². The molecule has 1 saturated heterocycles. The highest BCUT2D eigenvalue weighted by atomic mass is 32.2. The molecule has 1 aromatic rings. The Hall–Kier alpha value is -1.47. The molecule has 0 saturated carbocycles. The SMILES string of the molecule is COc1cc(C(N)C2CCS(=O)(=O)C2)cc(OC)c1OC. The highest BCUT2D eigenvalue weighted by Crippen LogP contribution is 2.41. The van der Waals surface area contributed by atoms with Crippen molar-refractivity contribution in [3.63, 3.8) is 0 Å². The van der Waals surface area contributed by atoms with Crippen molar-refractivity contribution in [1.29, 1.82) is 0 Å². The second-order valence-corrected chi connectivity index (χ2v) is 7.38. The molecule has 0 aliphatic carbocycles. The number of methoxy groups -OCH3 is 3. The summed E-state index contributed by atoms with van der Waals surface area (Å²) in [5.41, 5.74) is 7.03. The van der Waals surface area contributed by atoms with Crippen LogP contribution in [-0.2, 0) is 9.84 Å². The topological polar surface area (TPSA) is 87.9 Å². The average molecular weight is 315 g/mol. The normalized spacial score (nSPS) is 21.8. The van der Waals surface area contributed by atoms with Gasteiger partial charge in [0.15, 0.2) is 21.3 Å². The molecule has 2 atom stereocenters. The van der Waals surface area contributed by atoms with Crippen molar-refractivity contribution in [3.8, 4) is 17.2 Å². The minimum Gasteiger partial charge on any atom is -0.493 e. The third-order valence-electron chi connectivity index (χ3n) is 3.85. The van der Waals surface area contributed by atoms with Crippen LogP contribution in [-0.4, -0.2) is 41.3 Å². The van der Waals surface area contributed by atoms with Gasteiger partial charge in [-0.15, -0.1) is 0 Å². The van der Waals surface area contributed by atoms with E-state index in [1.54, 1.807) is 12.1 Å². The molecule has 1 heterocycles. The fourth-order valence-electron chi connectivity index (χ4n) is 2.67. The molecular formula is C14H21NO5S. The Morgan fingerprint density at radius 1 is 1.14 bits per heavy atom. The Morgan fingerprint density at radius 2 is 1.71 bits per heavy atom. The van der Waals surface area contributed by atoms with Gasteiger partial charge in [-0.2, -0.15) is 0 Å². The van der Waals surface area contributed by atoms with Crippen molar-refractivity contribution in [2.24, 2.45) is 11.7 Å². The van der Waals surface area contributed by atoms with Crippen LogP contribution < -0.4 is 19.9 Å². The van der Waals surface area contributed by atoms with Crippen LogP contribution in [0.4, 0.5) is 0 Å². The molecule has 1 aliphatic heterocycles. The van der Waals surface area contributed by atoms with Crippen molar-refractivity contribution in [1.82, 2.24) is 0 Å². The van der Waals surface area contributed by atoms with Crippen molar-refractivity contribution < 1.29 is 22.6 Å². The van der Waals surface area contributed by atoms with Crippen LogP contribution in [0.1, 0.15) is 18.0 Å². The minimum absolute atomic E-state index is 0.0854. The predicted octanol–water partition coefficient (Wildman–Crippen LogP) is 1.15. The van der Waals surface area contributed by atoms with E-state index in [0.29, 0.717) is 23.7 Å². The van der Waals surface area contributed by atoms with Gasteiger partial charge in [0.1, 0.15) is 0 Å². The summed E-state index contributed by atoms with van der Waals surface area (Å²) in [4.78, 5) is 0. The summed E-state index contributed by atoms with van der Waals surface area (Å²) in [5, 5.41) is 0. The quantitative estimate of drug-likeness (QED) is 0.877. The number of sulfone groups is 1. The van der Waals surface area contributed by atoms with Crippen LogP contribution >= 0.6 is 0 Å². The molecule has 0 bridgehead atoms. The monoisotopic (exact) mass is 315 g/mol. The van der Waals surface area contributed by atoms with Crippen molar-refractivity contribution in [2.45, 2.75) is 12.5 Å². The largest absolute Gasteiger partial charge is 0.493 e. The molecule has 0 amide bonds. The molecule has 1 fully saturated rings. The van der Waals surface area contributed by atoms with Crippen molar-refractivity contribution >= 4 is 9.84 Å². The van der Waals surface area contributed by atoms with E-state index in [2.05, 4.69) is 0 Å². The van der Waals surface area contributed by atoms with Crippen LogP contribution in [0.3, 0.4) is 0 Å². The Kier molecular flexibility index (Phi) is 4.63. The van der Waals surface area contributed by atoms with E-state index in [4.69, 9.17) is 19.9 Å². The van der Waals surface area contributed by atoms with Gasteiger partial charge in [-0.3, -0.25) is 0 Å². The van der Waals surface area contributed by atoms with Gasteiger partial charge in [0.2, 0.25) is 5.75 Å². The zero-order valence-electron chi connectivity index (χ0n) is 12.5. The van der Waals surface area contributed by atoms with Crippen LogP contribution in [0.25, 0.3) is 0 Å². The molecule has 6 nitrogen and oxygen atoms in total. The van der Waals surface area contributed by atoms with Gasteiger partial charge in [0, 0.05) is 6.04 Å². The molecular weight excluding hydrogens is 294 g/mol. The molecule has 118 valence electrons.